The van der Waals surface area contributed by atoms with E-state index >= 15 is 0 Å². The van der Waals surface area contributed by atoms with E-state index < -0.39 is 5.60 Å². The highest BCUT2D eigenvalue weighted by Gasteiger charge is 2.20. The Morgan fingerprint density at radius 2 is 2.00 bits per heavy atom. The first-order chi connectivity index (χ1) is 8.68. The standard InChI is InChI=1S/C13H24N4O2/c1-11(18)19-13(4,5)10-15-8-6-12(2,3)7-9-16-17-14/h8H,6-7,9-10H2,1-5H3. The third kappa shape index (κ3) is 10.1. The van der Waals surface area contributed by atoms with Gasteiger partial charge in [0, 0.05) is 18.4 Å². The molecule has 0 bridgehead atoms. The fraction of sp³-hybridized carbons (Fsp3) is 0.846. The molecule has 0 heterocycles. The van der Waals surface area contributed by atoms with Crippen molar-refractivity contribution in [2.24, 2.45) is 15.5 Å². The Morgan fingerprint density at radius 3 is 2.53 bits per heavy atom. The Bertz CT molecular complexity index is 369. The molecular formula is C13H24N4O2. The minimum Gasteiger partial charge on any atom is -0.458 e. The monoisotopic (exact) mass is 268 g/mol. The third-order valence-electron chi connectivity index (χ3n) is 2.62. The van der Waals surface area contributed by atoms with E-state index in [-0.39, 0.29) is 11.4 Å². The topological polar surface area (TPSA) is 87.4 Å². The van der Waals surface area contributed by atoms with Gasteiger partial charge in [0.05, 0.1) is 6.54 Å². The van der Waals surface area contributed by atoms with Crippen LogP contribution in [0.4, 0.5) is 0 Å². The summed E-state index contributed by atoms with van der Waals surface area (Å²) in [4.78, 5) is 17.9. The lowest BCUT2D eigenvalue weighted by atomic mass is 9.86. The fourth-order valence-electron chi connectivity index (χ4n) is 1.52. The highest BCUT2D eigenvalue weighted by Crippen LogP contribution is 2.23. The maximum Gasteiger partial charge on any atom is 0.303 e. The lowest BCUT2D eigenvalue weighted by molar-refractivity contribution is -0.152. The number of carbonyl (C=O) groups excluding carboxylic acids is 1. The second-order valence-corrected chi connectivity index (χ2v) is 5.95. The number of carbonyl (C=O) groups is 1. The molecule has 0 aromatic carbocycles. The Kier molecular flexibility index (Phi) is 7.16. The third-order valence-corrected chi connectivity index (χ3v) is 2.62. The first kappa shape index (κ1) is 17.4. The summed E-state index contributed by atoms with van der Waals surface area (Å²) in [5.41, 5.74) is 7.70. The minimum absolute atomic E-state index is 0.0449. The normalized spacial score (nSPS) is 12.3. The van der Waals surface area contributed by atoms with Crippen molar-refractivity contribution in [2.45, 2.75) is 53.1 Å². The molecule has 0 atom stereocenters. The number of aliphatic imine (C=N–C) groups is 1. The van der Waals surface area contributed by atoms with Gasteiger partial charge in [-0.25, -0.2) is 0 Å². The molecule has 0 radical (unpaired) electrons. The molecule has 0 aromatic heterocycles. The number of hydrogen-bond acceptors (Lipinski definition) is 4. The van der Waals surface area contributed by atoms with Crippen LogP contribution in [-0.2, 0) is 9.53 Å². The number of rotatable bonds is 8. The van der Waals surface area contributed by atoms with Crippen LogP contribution in [0.5, 0.6) is 0 Å². The van der Waals surface area contributed by atoms with Gasteiger partial charge in [0.15, 0.2) is 0 Å². The summed E-state index contributed by atoms with van der Waals surface area (Å²) in [5.74, 6) is -0.296. The van der Waals surface area contributed by atoms with Crippen LogP contribution in [0.15, 0.2) is 10.1 Å². The summed E-state index contributed by atoms with van der Waals surface area (Å²) in [5, 5.41) is 3.54. The van der Waals surface area contributed by atoms with E-state index in [4.69, 9.17) is 10.3 Å². The van der Waals surface area contributed by atoms with Crippen molar-refractivity contribution < 1.29 is 9.53 Å². The molecule has 0 aliphatic rings. The molecule has 0 aromatic rings. The van der Waals surface area contributed by atoms with Crippen molar-refractivity contribution in [3.63, 3.8) is 0 Å². The van der Waals surface area contributed by atoms with Gasteiger partial charge >= 0.3 is 5.97 Å². The molecule has 0 amide bonds. The van der Waals surface area contributed by atoms with Crippen LogP contribution in [0.1, 0.15) is 47.5 Å². The van der Waals surface area contributed by atoms with Gasteiger partial charge in [0.25, 0.3) is 0 Å². The van der Waals surface area contributed by atoms with Gasteiger partial charge in [-0.2, -0.15) is 0 Å². The summed E-state index contributed by atoms with van der Waals surface area (Å²) in [6.45, 7) is 10.2. The van der Waals surface area contributed by atoms with Crippen LogP contribution in [0.3, 0.4) is 0 Å². The molecule has 108 valence electrons. The van der Waals surface area contributed by atoms with Gasteiger partial charge in [-0.15, -0.1) is 0 Å². The summed E-state index contributed by atoms with van der Waals surface area (Å²) >= 11 is 0. The van der Waals surface area contributed by atoms with E-state index in [0.717, 1.165) is 12.8 Å². The van der Waals surface area contributed by atoms with E-state index in [0.29, 0.717) is 13.1 Å². The maximum atomic E-state index is 10.9. The smallest absolute Gasteiger partial charge is 0.303 e. The van der Waals surface area contributed by atoms with Gasteiger partial charge in [0.1, 0.15) is 5.60 Å². The predicted octanol–water partition coefficient (Wildman–Crippen LogP) is 3.52. The molecule has 19 heavy (non-hydrogen) atoms. The number of hydrogen-bond donors (Lipinski definition) is 0. The molecule has 0 rings (SSSR count). The van der Waals surface area contributed by atoms with E-state index in [1.165, 1.54) is 6.92 Å². The van der Waals surface area contributed by atoms with Crippen molar-refractivity contribution in [3.05, 3.63) is 10.4 Å². The maximum absolute atomic E-state index is 10.9. The zero-order valence-electron chi connectivity index (χ0n) is 12.5. The van der Waals surface area contributed by atoms with Crippen molar-refractivity contribution in [3.8, 4) is 0 Å². The van der Waals surface area contributed by atoms with E-state index in [1.807, 2.05) is 20.1 Å². The van der Waals surface area contributed by atoms with Crippen LogP contribution in [0.2, 0.25) is 0 Å². The second kappa shape index (κ2) is 7.79. The Labute approximate surface area is 114 Å². The molecule has 0 aliphatic carbocycles. The average Bonchev–Trinajstić information content (AvgIpc) is 2.23. The van der Waals surface area contributed by atoms with Crippen molar-refractivity contribution >= 4 is 12.2 Å². The molecule has 0 unspecified atom stereocenters. The van der Waals surface area contributed by atoms with Crippen LogP contribution in [-0.4, -0.2) is 30.9 Å². The van der Waals surface area contributed by atoms with Gasteiger partial charge in [-0.3, -0.25) is 9.79 Å². The summed E-state index contributed by atoms with van der Waals surface area (Å²) in [6, 6.07) is 0. The number of azide groups is 1. The Morgan fingerprint density at radius 1 is 1.37 bits per heavy atom. The fourth-order valence-corrected chi connectivity index (χ4v) is 1.52. The Balaban J connectivity index is 4.13. The average molecular weight is 268 g/mol. The summed E-state index contributed by atoms with van der Waals surface area (Å²) < 4.78 is 5.14. The molecule has 0 saturated heterocycles. The number of nitrogens with zero attached hydrogens (tertiary/aromatic N) is 4. The lowest BCUT2D eigenvalue weighted by Gasteiger charge is -2.23. The zero-order chi connectivity index (χ0) is 14.9. The minimum atomic E-state index is -0.572. The van der Waals surface area contributed by atoms with Crippen molar-refractivity contribution in [1.82, 2.24) is 0 Å². The first-order valence-electron chi connectivity index (χ1n) is 6.37. The molecule has 0 spiro atoms. The highest BCUT2D eigenvalue weighted by atomic mass is 16.6. The number of ether oxygens (including phenoxy) is 1. The summed E-state index contributed by atoms with van der Waals surface area (Å²) in [7, 11) is 0. The lowest BCUT2D eigenvalue weighted by Crippen LogP contribution is -2.30. The Hall–Kier alpha value is -1.55. The quantitative estimate of drug-likeness (QED) is 0.222. The van der Waals surface area contributed by atoms with Crippen LogP contribution < -0.4 is 0 Å². The van der Waals surface area contributed by atoms with Gasteiger partial charge in [-0.1, -0.05) is 19.0 Å². The second-order valence-electron chi connectivity index (χ2n) is 5.95. The van der Waals surface area contributed by atoms with Crippen molar-refractivity contribution in [1.29, 1.82) is 0 Å². The van der Waals surface area contributed by atoms with Gasteiger partial charge in [0.2, 0.25) is 0 Å². The highest BCUT2D eigenvalue weighted by molar-refractivity contribution is 5.66. The van der Waals surface area contributed by atoms with Crippen LogP contribution >= 0.6 is 0 Å². The largest absolute Gasteiger partial charge is 0.458 e. The van der Waals surface area contributed by atoms with E-state index in [2.05, 4.69) is 28.9 Å². The predicted molar refractivity (Wildman–Crippen MR) is 76.2 cm³/mol. The molecule has 6 nitrogen and oxygen atoms in total. The van der Waals surface area contributed by atoms with Gasteiger partial charge < -0.3 is 4.74 Å². The SMILES string of the molecule is CC(=O)OC(C)(C)CN=CCC(C)(C)CCN=[N+]=[N-]. The molecule has 0 aliphatic heterocycles. The molecular weight excluding hydrogens is 244 g/mol. The van der Waals surface area contributed by atoms with E-state index in [1.54, 1.807) is 0 Å². The first-order valence-corrected chi connectivity index (χ1v) is 6.37. The van der Waals surface area contributed by atoms with Crippen LogP contribution in [0, 0.1) is 5.41 Å². The van der Waals surface area contributed by atoms with Crippen molar-refractivity contribution in [2.75, 3.05) is 13.1 Å². The zero-order valence-corrected chi connectivity index (χ0v) is 12.5. The molecule has 6 heteroatoms. The summed E-state index contributed by atoms with van der Waals surface area (Å²) in [6.07, 6.45) is 3.46. The van der Waals surface area contributed by atoms with Gasteiger partial charge in [-0.05, 0) is 43.8 Å². The molecule has 0 fully saturated rings. The molecule has 0 N–H and O–H groups in total. The van der Waals surface area contributed by atoms with E-state index in [9.17, 15) is 4.79 Å². The number of esters is 1. The van der Waals surface area contributed by atoms with Crippen LogP contribution in [0.25, 0.3) is 10.4 Å². The molecule has 0 saturated carbocycles.